The van der Waals surface area contributed by atoms with Crippen LogP contribution in [0.3, 0.4) is 0 Å². The second-order valence-corrected chi connectivity index (χ2v) is 13.0. The molecule has 21 heavy (non-hydrogen) atoms. The van der Waals surface area contributed by atoms with Gasteiger partial charge in [0, 0.05) is 0 Å². The van der Waals surface area contributed by atoms with Crippen LogP contribution in [0.1, 0.15) is 41.5 Å². The van der Waals surface area contributed by atoms with Gasteiger partial charge in [-0.3, -0.25) is 9.69 Å². The summed E-state index contributed by atoms with van der Waals surface area (Å²) in [6.45, 7) is 16.4. The maximum absolute atomic E-state index is 12.1. The molecular weight excluding hydrogens is 286 g/mol. The first-order chi connectivity index (χ1) is 9.23. The van der Waals surface area contributed by atoms with E-state index >= 15 is 0 Å². The maximum Gasteiger partial charge on any atom is 0.410 e. The van der Waals surface area contributed by atoms with Gasteiger partial charge in [0.15, 0.2) is 14.1 Å². The summed E-state index contributed by atoms with van der Waals surface area (Å²) >= 11 is 0. The van der Waals surface area contributed by atoms with Gasteiger partial charge in [0.25, 0.3) is 0 Å². The third-order valence-corrected chi connectivity index (χ3v) is 8.47. The lowest BCUT2D eigenvalue weighted by Crippen LogP contribution is -2.46. The number of hydrogen-bond acceptors (Lipinski definition) is 4. The number of nitrogens with zero attached hydrogens (tertiary/aromatic N) is 1. The lowest BCUT2D eigenvalue weighted by molar-refractivity contribution is -0.122. The van der Waals surface area contributed by atoms with Crippen LogP contribution in [0.5, 0.6) is 0 Å². The molecule has 122 valence electrons. The largest absolute Gasteiger partial charge is 0.444 e. The molecule has 0 aromatic heterocycles. The van der Waals surface area contributed by atoms with Gasteiger partial charge < -0.3 is 9.16 Å². The fourth-order valence-electron chi connectivity index (χ4n) is 1.76. The van der Waals surface area contributed by atoms with Crippen molar-refractivity contribution in [2.75, 3.05) is 13.1 Å². The topological polar surface area (TPSA) is 55.8 Å². The molecular formula is C15H29NO4Si. The number of rotatable bonds is 2. The van der Waals surface area contributed by atoms with Gasteiger partial charge in [-0.25, -0.2) is 4.79 Å². The van der Waals surface area contributed by atoms with Crippen molar-refractivity contribution in [2.45, 2.75) is 71.4 Å². The number of ether oxygens (including phenoxy) is 1. The molecule has 0 unspecified atom stereocenters. The second-order valence-electron chi connectivity index (χ2n) is 8.19. The van der Waals surface area contributed by atoms with Gasteiger partial charge in [-0.2, -0.15) is 0 Å². The normalized spacial score (nSPS) is 20.9. The van der Waals surface area contributed by atoms with Crippen LogP contribution in [0.4, 0.5) is 4.79 Å². The maximum atomic E-state index is 12.1. The Kier molecular flexibility index (Phi) is 4.95. The molecule has 0 aliphatic carbocycles. The molecule has 1 atom stereocenters. The third kappa shape index (κ3) is 4.81. The van der Waals surface area contributed by atoms with Crippen molar-refractivity contribution in [2.24, 2.45) is 0 Å². The van der Waals surface area contributed by atoms with Gasteiger partial charge in [0.1, 0.15) is 11.7 Å². The van der Waals surface area contributed by atoms with Crippen LogP contribution in [-0.4, -0.2) is 49.9 Å². The summed E-state index contributed by atoms with van der Waals surface area (Å²) in [6.07, 6.45) is -0.962. The first kappa shape index (κ1) is 18.2. The Balaban J connectivity index is 2.70. The summed E-state index contributed by atoms with van der Waals surface area (Å²) in [5, 5.41) is 0.0343. The zero-order valence-corrected chi connectivity index (χ0v) is 15.6. The minimum atomic E-state index is -2.02. The minimum absolute atomic E-state index is 0.0343. The fourth-order valence-corrected chi connectivity index (χ4v) is 3.03. The molecule has 0 saturated carbocycles. The lowest BCUT2D eigenvalue weighted by atomic mass is 10.2. The Morgan fingerprint density at radius 3 is 2.14 bits per heavy atom. The monoisotopic (exact) mass is 315 g/mol. The van der Waals surface area contributed by atoms with Crippen molar-refractivity contribution in [1.82, 2.24) is 4.90 Å². The SMILES string of the molecule is CC(C)(C)OC(=O)N1CC(=O)[C@@H](O[Si](C)(C)C(C)(C)C)C1. The fraction of sp³-hybridized carbons (Fsp3) is 0.867. The Morgan fingerprint density at radius 1 is 1.19 bits per heavy atom. The van der Waals surface area contributed by atoms with E-state index in [-0.39, 0.29) is 17.4 Å². The average molecular weight is 315 g/mol. The number of amides is 1. The molecule has 1 aliphatic rings. The molecule has 6 heteroatoms. The zero-order chi connectivity index (χ0) is 16.6. The van der Waals surface area contributed by atoms with Crippen molar-refractivity contribution in [3.63, 3.8) is 0 Å². The lowest BCUT2D eigenvalue weighted by Gasteiger charge is -2.37. The molecule has 0 spiro atoms. The van der Waals surface area contributed by atoms with E-state index in [2.05, 4.69) is 33.9 Å². The van der Waals surface area contributed by atoms with Crippen LogP contribution < -0.4 is 0 Å². The molecule has 0 aromatic carbocycles. The highest BCUT2D eigenvalue weighted by Gasteiger charge is 2.44. The number of ketones is 1. The van der Waals surface area contributed by atoms with E-state index in [1.54, 1.807) is 0 Å². The van der Waals surface area contributed by atoms with Crippen molar-refractivity contribution >= 4 is 20.2 Å². The molecule has 5 nitrogen and oxygen atoms in total. The first-order valence-electron chi connectivity index (χ1n) is 7.41. The van der Waals surface area contributed by atoms with Crippen LogP contribution in [0.15, 0.2) is 0 Å². The van der Waals surface area contributed by atoms with E-state index in [9.17, 15) is 9.59 Å². The van der Waals surface area contributed by atoms with Crippen molar-refractivity contribution in [3.05, 3.63) is 0 Å². The molecule has 1 saturated heterocycles. The highest BCUT2D eigenvalue weighted by Crippen LogP contribution is 2.38. The van der Waals surface area contributed by atoms with Crippen LogP contribution in [-0.2, 0) is 14.0 Å². The molecule has 0 N–H and O–H groups in total. The van der Waals surface area contributed by atoms with Gasteiger partial charge in [0.05, 0.1) is 13.1 Å². The van der Waals surface area contributed by atoms with E-state index in [0.717, 1.165) is 0 Å². The summed E-state index contributed by atoms with van der Waals surface area (Å²) in [5.74, 6) is -0.0364. The van der Waals surface area contributed by atoms with E-state index in [0.29, 0.717) is 6.54 Å². The number of hydrogen-bond donors (Lipinski definition) is 0. The van der Waals surface area contributed by atoms with Gasteiger partial charge in [-0.05, 0) is 38.9 Å². The molecule has 1 rings (SSSR count). The predicted octanol–water partition coefficient (Wildman–Crippen LogP) is 3.20. The summed E-state index contributed by atoms with van der Waals surface area (Å²) in [4.78, 5) is 25.6. The van der Waals surface area contributed by atoms with Crippen LogP contribution in [0.25, 0.3) is 0 Å². The molecule has 1 fully saturated rings. The Bertz CT molecular complexity index is 420. The average Bonchev–Trinajstić information content (AvgIpc) is 2.55. The first-order valence-corrected chi connectivity index (χ1v) is 10.3. The van der Waals surface area contributed by atoms with E-state index < -0.39 is 26.1 Å². The minimum Gasteiger partial charge on any atom is -0.444 e. The highest BCUT2D eigenvalue weighted by atomic mass is 28.4. The zero-order valence-electron chi connectivity index (χ0n) is 14.6. The summed E-state index contributed by atoms with van der Waals surface area (Å²) < 4.78 is 11.4. The Morgan fingerprint density at radius 2 is 1.71 bits per heavy atom. The van der Waals surface area contributed by atoms with E-state index in [1.165, 1.54) is 4.90 Å². The predicted molar refractivity (Wildman–Crippen MR) is 84.9 cm³/mol. The van der Waals surface area contributed by atoms with Gasteiger partial charge in [-0.1, -0.05) is 20.8 Å². The quantitative estimate of drug-likeness (QED) is 0.734. The summed E-state index contributed by atoms with van der Waals surface area (Å²) in [7, 11) is -2.02. The third-order valence-electron chi connectivity index (χ3n) is 3.99. The summed E-state index contributed by atoms with van der Waals surface area (Å²) in [6, 6.07) is 0. The number of likely N-dealkylation sites (tertiary alicyclic amines) is 1. The van der Waals surface area contributed by atoms with Gasteiger partial charge in [0.2, 0.25) is 0 Å². The molecule has 1 heterocycles. The van der Waals surface area contributed by atoms with Crippen LogP contribution in [0.2, 0.25) is 18.1 Å². The van der Waals surface area contributed by atoms with Gasteiger partial charge in [-0.15, -0.1) is 0 Å². The molecule has 1 aliphatic heterocycles. The number of carbonyl (C=O) groups is 2. The number of carbonyl (C=O) groups excluding carboxylic acids is 2. The molecule has 0 bridgehead atoms. The molecule has 0 aromatic rings. The molecule has 1 amide bonds. The van der Waals surface area contributed by atoms with Crippen molar-refractivity contribution in [1.29, 1.82) is 0 Å². The van der Waals surface area contributed by atoms with E-state index in [4.69, 9.17) is 9.16 Å². The summed E-state index contributed by atoms with van der Waals surface area (Å²) in [5.41, 5.74) is -0.557. The van der Waals surface area contributed by atoms with E-state index in [1.807, 2.05) is 20.8 Å². The molecule has 0 radical (unpaired) electrons. The standard InChI is InChI=1S/C15H29NO4Si/c1-14(2,3)19-13(18)16-9-11(17)12(10-16)20-21(7,8)15(4,5)6/h12H,9-10H2,1-8H3/t12-/m0/s1. The van der Waals surface area contributed by atoms with Gasteiger partial charge >= 0.3 is 6.09 Å². The highest BCUT2D eigenvalue weighted by molar-refractivity contribution is 6.74. The van der Waals surface area contributed by atoms with Crippen LogP contribution in [0, 0.1) is 0 Å². The Labute approximate surface area is 129 Å². The van der Waals surface area contributed by atoms with Crippen molar-refractivity contribution in [3.8, 4) is 0 Å². The van der Waals surface area contributed by atoms with Crippen LogP contribution >= 0.6 is 0 Å². The second kappa shape index (κ2) is 5.72. The Hall–Kier alpha value is -0.883. The number of Topliss-reactive ketones (excluding diaryl/α,β-unsaturated/α-hetero) is 1. The van der Waals surface area contributed by atoms with Crippen molar-refractivity contribution < 1.29 is 18.8 Å². The smallest absolute Gasteiger partial charge is 0.410 e.